The minimum absolute atomic E-state index is 0.177. The Morgan fingerprint density at radius 3 is 2.62 bits per heavy atom. The van der Waals surface area contributed by atoms with Crippen molar-refractivity contribution in [3.8, 4) is 0 Å². The minimum Gasteiger partial charge on any atom is -0.382 e. The fraction of sp³-hybridized carbons (Fsp3) is 0.357. The van der Waals surface area contributed by atoms with E-state index in [9.17, 15) is 18.3 Å². The molecule has 7 heteroatoms. The molecule has 1 aromatic carbocycles. The van der Waals surface area contributed by atoms with Gasteiger partial charge < -0.3 is 5.11 Å². The summed E-state index contributed by atoms with van der Waals surface area (Å²) in [5.74, 6) is 0. The highest BCUT2D eigenvalue weighted by molar-refractivity contribution is 9.10. The molecule has 1 N–H and O–H groups in total. The molecule has 1 aromatic heterocycles. The van der Waals surface area contributed by atoms with Crippen LogP contribution in [0.5, 0.6) is 0 Å². The molecule has 0 aliphatic carbocycles. The van der Waals surface area contributed by atoms with Crippen molar-refractivity contribution in [3.05, 3.63) is 51.8 Å². The van der Waals surface area contributed by atoms with Gasteiger partial charge >= 0.3 is 6.18 Å². The van der Waals surface area contributed by atoms with Crippen LogP contribution in [-0.2, 0) is 12.7 Å². The van der Waals surface area contributed by atoms with Crippen molar-refractivity contribution >= 4 is 15.9 Å². The third kappa shape index (κ3) is 3.29. The maximum absolute atomic E-state index is 13.1. The van der Waals surface area contributed by atoms with Crippen LogP contribution in [0.3, 0.4) is 0 Å². The number of aliphatic hydroxyl groups excluding tert-OH is 1. The van der Waals surface area contributed by atoms with Gasteiger partial charge in [-0.3, -0.25) is 4.68 Å². The van der Waals surface area contributed by atoms with Crippen LogP contribution in [0.1, 0.15) is 36.3 Å². The Morgan fingerprint density at radius 2 is 2.00 bits per heavy atom. The molecule has 0 spiro atoms. The Morgan fingerprint density at radius 1 is 1.33 bits per heavy atom. The second-order valence-corrected chi connectivity index (χ2v) is 5.44. The molecule has 21 heavy (non-hydrogen) atoms. The molecule has 0 fully saturated rings. The molecule has 2 rings (SSSR count). The first kappa shape index (κ1) is 16.0. The highest BCUT2D eigenvalue weighted by atomic mass is 79.9. The molecule has 0 saturated carbocycles. The monoisotopic (exact) mass is 362 g/mol. The van der Waals surface area contributed by atoms with Gasteiger partial charge in [0.1, 0.15) is 6.10 Å². The molecular formula is C14H14BrF3N2O. The van der Waals surface area contributed by atoms with Crippen molar-refractivity contribution in [2.75, 3.05) is 0 Å². The lowest BCUT2D eigenvalue weighted by molar-refractivity contribution is -0.139. The average Bonchev–Trinajstić information content (AvgIpc) is 2.79. The van der Waals surface area contributed by atoms with Crippen LogP contribution in [0.25, 0.3) is 0 Å². The number of aryl methyl sites for hydroxylation is 1. The highest BCUT2D eigenvalue weighted by Crippen LogP contribution is 2.38. The number of aliphatic hydroxyl groups is 1. The molecule has 1 unspecified atom stereocenters. The van der Waals surface area contributed by atoms with E-state index >= 15 is 0 Å². The van der Waals surface area contributed by atoms with E-state index in [1.807, 2.05) is 6.92 Å². The molecule has 0 amide bonds. The summed E-state index contributed by atoms with van der Waals surface area (Å²) in [6, 6.07) is 5.02. The molecule has 3 nitrogen and oxygen atoms in total. The van der Waals surface area contributed by atoms with Crippen molar-refractivity contribution in [1.82, 2.24) is 9.78 Å². The summed E-state index contributed by atoms with van der Waals surface area (Å²) < 4.78 is 41.2. The number of hydrogen-bond acceptors (Lipinski definition) is 2. The van der Waals surface area contributed by atoms with Gasteiger partial charge in [-0.2, -0.15) is 18.3 Å². The molecule has 0 saturated heterocycles. The number of halogens is 4. The minimum atomic E-state index is -4.51. The molecule has 114 valence electrons. The van der Waals surface area contributed by atoms with Gasteiger partial charge in [-0.05, 0) is 34.0 Å². The van der Waals surface area contributed by atoms with E-state index < -0.39 is 17.8 Å². The van der Waals surface area contributed by atoms with Gasteiger partial charge in [0.25, 0.3) is 0 Å². The van der Waals surface area contributed by atoms with Crippen LogP contribution in [0, 0.1) is 0 Å². The highest BCUT2D eigenvalue weighted by Gasteiger charge is 2.36. The maximum Gasteiger partial charge on any atom is 0.416 e. The predicted octanol–water partition coefficient (Wildman–Crippen LogP) is 4.16. The van der Waals surface area contributed by atoms with Crippen molar-refractivity contribution in [3.63, 3.8) is 0 Å². The zero-order chi connectivity index (χ0) is 15.6. The van der Waals surface area contributed by atoms with E-state index in [0.717, 1.165) is 12.5 Å². The number of aromatic nitrogens is 2. The van der Waals surface area contributed by atoms with Gasteiger partial charge in [0.05, 0.1) is 21.9 Å². The quantitative estimate of drug-likeness (QED) is 0.886. The molecular weight excluding hydrogens is 349 g/mol. The standard InChI is InChI=1S/C14H14BrF3N2O/c1-2-7-20-12(11(15)8-19-20)13(21)9-5-3-4-6-10(9)14(16,17)18/h3-6,8,13,21H,2,7H2,1H3. The van der Waals surface area contributed by atoms with Gasteiger partial charge in [-0.25, -0.2) is 0 Å². The topological polar surface area (TPSA) is 38.0 Å². The van der Waals surface area contributed by atoms with Crippen LogP contribution in [0.15, 0.2) is 34.9 Å². The normalized spacial score (nSPS) is 13.4. The number of hydrogen-bond donors (Lipinski definition) is 1. The van der Waals surface area contributed by atoms with E-state index in [0.29, 0.717) is 16.7 Å². The average molecular weight is 363 g/mol. The van der Waals surface area contributed by atoms with Crippen LogP contribution in [-0.4, -0.2) is 14.9 Å². The molecule has 0 aliphatic heterocycles. The smallest absolute Gasteiger partial charge is 0.382 e. The number of benzene rings is 1. The molecule has 1 heterocycles. The lowest BCUT2D eigenvalue weighted by Gasteiger charge is -2.19. The summed E-state index contributed by atoms with van der Waals surface area (Å²) >= 11 is 3.24. The summed E-state index contributed by atoms with van der Waals surface area (Å²) in [5, 5.41) is 14.5. The molecule has 1 atom stereocenters. The Bertz CT molecular complexity index is 625. The third-order valence-corrected chi connectivity index (χ3v) is 3.70. The second kappa shape index (κ2) is 6.19. The first-order chi connectivity index (χ1) is 9.86. The lowest BCUT2D eigenvalue weighted by atomic mass is 9.99. The predicted molar refractivity (Wildman–Crippen MR) is 75.7 cm³/mol. The fourth-order valence-electron chi connectivity index (χ4n) is 2.17. The summed E-state index contributed by atoms with van der Waals surface area (Å²) in [4.78, 5) is 0. The Hall–Kier alpha value is -1.34. The summed E-state index contributed by atoms with van der Waals surface area (Å²) in [7, 11) is 0. The van der Waals surface area contributed by atoms with E-state index in [2.05, 4.69) is 21.0 Å². The number of rotatable bonds is 4. The van der Waals surface area contributed by atoms with Crippen molar-refractivity contribution in [2.24, 2.45) is 0 Å². The Kier molecular flexibility index (Phi) is 4.73. The van der Waals surface area contributed by atoms with Gasteiger partial charge in [-0.1, -0.05) is 25.1 Å². The van der Waals surface area contributed by atoms with Gasteiger partial charge in [0.15, 0.2) is 0 Å². The summed E-state index contributed by atoms with van der Waals surface area (Å²) in [6.45, 7) is 2.45. The van der Waals surface area contributed by atoms with Crippen LogP contribution >= 0.6 is 15.9 Å². The SMILES string of the molecule is CCCn1ncc(Br)c1C(O)c1ccccc1C(F)(F)F. The third-order valence-electron chi connectivity index (χ3n) is 3.09. The lowest BCUT2D eigenvalue weighted by Crippen LogP contribution is -2.16. The summed E-state index contributed by atoms with van der Waals surface area (Å²) in [6.07, 6.45) is -3.68. The van der Waals surface area contributed by atoms with Crippen molar-refractivity contribution in [1.29, 1.82) is 0 Å². The van der Waals surface area contributed by atoms with Crippen LogP contribution < -0.4 is 0 Å². The van der Waals surface area contributed by atoms with Crippen molar-refractivity contribution < 1.29 is 18.3 Å². The van der Waals surface area contributed by atoms with E-state index in [1.165, 1.54) is 29.1 Å². The van der Waals surface area contributed by atoms with Gasteiger partial charge in [0.2, 0.25) is 0 Å². The molecule has 0 bridgehead atoms. The first-order valence-corrected chi connectivity index (χ1v) is 7.21. The molecule has 0 radical (unpaired) electrons. The van der Waals surface area contributed by atoms with Crippen LogP contribution in [0.2, 0.25) is 0 Å². The largest absolute Gasteiger partial charge is 0.416 e. The Balaban J connectivity index is 2.51. The first-order valence-electron chi connectivity index (χ1n) is 6.41. The zero-order valence-electron chi connectivity index (χ0n) is 11.2. The molecule has 0 aliphatic rings. The van der Waals surface area contributed by atoms with E-state index in [4.69, 9.17) is 0 Å². The van der Waals surface area contributed by atoms with Crippen LogP contribution in [0.4, 0.5) is 13.2 Å². The van der Waals surface area contributed by atoms with Crippen molar-refractivity contribution in [2.45, 2.75) is 32.2 Å². The van der Waals surface area contributed by atoms with E-state index in [-0.39, 0.29) is 5.56 Å². The maximum atomic E-state index is 13.1. The second-order valence-electron chi connectivity index (χ2n) is 4.59. The fourth-order valence-corrected chi connectivity index (χ4v) is 2.69. The Labute approximate surface area is 128 Å². The molecule has 2 aromatic rings. The zero-order valence-corrected chi connectivity index (χ0v) is 12.8. The number of nitrogens with zero attached hydrogens (tertiary/aromatic N) is 2. The summed E-state index contributed by atoms with van der Waals surface area (Å²) in [5.41, 5.74) is -0.689. The van der Waals surface area contributed by atoms with E-state index in [1.54, 1.807) is 0 Å². The van der Waals surface area contributed by atoms with Gasteiger partial charge in [0, 0.05) is 6.54 Å². The number of alkyl halides is 3. The van der Waals surface area contributed by atoms with Gasteiger partial charge in [-0.15, -0.1) is 0 Å².